The maximum Gasteiger partial charge on any atom is 0.146 e. The molecular weight excluding hydrogens is 300 g/mol. The largest absolute Gasteiger partial charge is 0.387 e. The van der Waals surface area contributed by atoms with Crippen molar-refractivity contribution in [1.29, 1.82) is 5.26 Å². The number of rotatable bonds is 4. The molecule has 1 aliphatic rings. The van der Waals surface area contributed by atoms with Gasteiger partial charge in [0.1, 0.15) is 11.9 Å². The first-order chi connectivity index (χ1) is 11.7. The summed E-state index contributed by atoms with van der Waals surface area (Å²) in [4.78, 5) is 8.83. The summed E-state index contributed by atoms with van der Waals surface area (Å²) in [5, 5.41) is 19.7. The van der Waals surface area contributed by atoms with Gasteiger partial charge in [-0.25, -0.2) is 4.98 Å². The Labute approximate surface area is 142 Å². The third kappa shape index (κ3) is 3.56. The SMILES string of the molecule is C[C@@H]1CN(c2ncccc2C#N)CCN1C[C@@H](O)c1ccccc1. The number of nitrogens with zero attached hydrogens (tertiary/aromatic N) is 4. The van der Waals surface area contributed by atoms with E-state index in [2.05, 4.69) is 27.8 Å². The van der Waals surface area contributed by atoms with Crippen LogP contribution < -0.4 is 4.90 Å². The summed E-state index contributed by atoms with van der Waals surface area (Å²) >= 11 is 0. The Kier molecular flexibility index (Phi) is 5.09. The van der Waals surface area contributed by atoms with Crippen LogP contribution in [0.2, 0.25) is 0 Å². The average molecular weight is 322 g/mol. The van der Waals surface area contributed by atoms with Gasteiger partial charge < -0.3 is 10.0 Å². The Hall–Kier alpha value is -2.42. The van der Waals surface area contributed by atoms with Gasteiger partial charge in [0.2, 0.25) is 0 Å². The predicted molar refractivity (Wildman–Crippen MR) is 93.6 cm³/mol. The van der Waals surface area contributed by atoms with Crippen LogP contribution in [0.15, 0.2) is 48.7 Å². The fourth-order valence-corrected chi connectivity index (χ4v) is 3.20. The third-order valence-corrected chi connectivity index (χ3v) is 4.56. The molecule has 5 heteroatoms. The van der Waals surface area contributed by atoms with Crippen LogP contribution in [0.4, 0.5) is 5.82 Å². The Morgan fingerprint density at radius 2 is 2.04 bits per heavy atom. The fraction of sp³-hybridized carbons (Fsp3) is 0.368. The summed E-state index contributed by atoms with van der Waals surface area (Å²) in [6, 6.07) is 15.9. The van der Waals surface area contributed by atoms with Crippen LogP contribution in [0.3, 0.4) is 0 Å². The number of aromatic nitrogens is 1. The molecule has 2 atom stereocenters. The van der Waals surface area contributed by atoms with Crippen LogP contribution >= 0.6 is 0 Å². The molecule has 1 fully saturated rings. The maximum atomic E-state index is 10.4. The predicted octanol–water partition coefficient (Wildman–Crippen LogP) is 2.20. The fourth-order valence-electron chi connectivity index (χ4n) is 3.20. The maximum absolute atomic E-state index is 10.4. The van der Waals surface area contributed by atoms with Crippen LogP contribution in [0.5, 0.6) is 0 Å². The Morgan fingerprint density at radius 1 is 1.25 bits per heavy atom. The second-order valence-corrected chi connectivity index (χ2v) is 6.20. The van der Waals surface area contributed by atoms with Gasteiger partial charge in [-0.15, -0.1) is 0 Å². The van der Waals surface area contributed by atoms with Gasteiger partial charge in [0.15, 0.2) is 0 Å². The van der Waals surface area contributed by atoms with Gasteiger partial charge >= 0.3 is 0 Å². The molecule has 124 valence electrons. The van der Waals surface area contributed by atoms with Gasteiger partial charge in [0.25, 0.3) is 0 Å². The summed E-state index contributed by atoms with van der Waals surface area (Å²) in [5.74, 6) is 0.759. The Morgan fingerprint density at radius 3 is 2.75 bits per heavy atom. The molecule has 0 amide bonds. The number of anilines is 1. The molecule has 2 aromatic rings. The molecular formula is C19H22N4O. The highest BCUT2D eigenvalue weighted by molar-refractivity contribution is 5.53. The van der Waals surface area contributed by atoms with Crippen LogP contribution in [0.25, 0.3) is 0 Å². The van der Waals surface area contributed by atoms with E-state index in [9.17, 15) is 10.4 Å². The molecule has 3 rings (SSSR count). The van der Waals surface area contributed by atoms with Crippen molar-refractivity contribution in [3.8, 4) is 6.07 Å². The van der Waals surface area contributed by atoms with Gasteiger partial charge in [-0.05, 0) is 24.6 Å². The molecule has 5 nitrogen and oxygen atoms in total. The second kappa shape index (κ2) is 7.43. The molecule has 0 saturated carbocycles. The van der Waals surface area contributed by atoms with Crippen molar-refractivity contribution in [2.75, 3.05) is 31.1 Å². The highest BCUT2D eigenvalue weighted by Crippen LogP contribution is 2.22. The lowest BCUT2D eigenvalue weighted by molar-refractivity contribution is 0.0848. The van der Waals surface area contributed by atoms with E-state index < -0.39 is 6.10 Å². The molecule has 0 spiro atoms. The van der Waals surface area contributed by atoms with E-state index in [4.69, 9.17) is 0 Å². The van der Waals surface area contributed by atoms with Crippen LogP contribution in [0, 0.1) is 11.3 Å². The number of aliphatic hydroxyl groups excluding tert-OH is 1. The molecule has 1 aromatic heterocycles. The van der Waals surface area contributed by atoms with E-state index >= 15 is 0 Å². The number of benzene rings is 1. The lowest BCUT2D eigenvalue weighted by Crippen LogP contribution is -2.53. The van der Waals surface area contributed by atoms with Gasteiger partial charge in [0.05, 0.1) is 11.7 Å². The second-order valence-electron chi connectivity index (χ2n) is 6.20. The molecule has 2 heterocycles. The number of pyridine rings is 1. The monoisotopic (exact) mass is 322 g/mol. The van der Waals surface area contributed by atoms with E-state index in [-0.39, 0.29) is 6.04 Å². The van der Waals surface area contributed by atoms with Crippen molar-refractivity contribution in [3.05, 3.63) is 59.8 Å². The standard InChI is InChI=1S/C19H22N4O/c1-15-13-23(19-17(12-20)8-5-9-21-19)11-10-22(15)14-18(24)16-6-3-2-4-7-16/h2-9,15,18,24H,10-11,13-14H2,1H3/t15-,18-/m1/s1. The summed E-state index contributed by atoms with van der Waals surface area (Å²) in [5.41, 5.74) is 1.56. The van der Waals surface area contributed by atoms with E-state index in [1.54, 1.807) is 18.3 Å². The van der Waals surface area contributed by atoms with Crippen molar-refractivity contribution < 1.29 is 5.11 Å². The molecule has 0 radical (unpaired) electrons. The van der Waals surface area contributed by atoms with Crippen molar-refractivity contribution in [1.82, 2.24) is 9.88 Å². The third-order valence-electron chi connectivity index (χ3n) is 4.56. The minimum Gasteiger partial charge on any atom is -0.387 e. The molecule has 1 saturated heterocycles. The Bertz CT molecular complexity index is 713. The first-order valence-corrected chi connectivity index (χ1v) is 8.26. The van der Waals surface area contributed by atoms with Crippen molar-refractivity contribution in [2.45, 2.75) is 19.1 Å². The van der Waals surface area contributed by atoms with E-state index in [1.165, 1.54) is 0 Å². The number of hydrogen-bond acceptors (Lipinski definition) is 5. The number of piperazine rings is 1. The van der Waals surface area contributed by atoms with E-state index in [0.29, 0.717) is 12.1 Å². The quantitative estimate of drug-likeness (QED) is 0.935. The summed E-state index contributed by atoms with van der Waals surface area (Å²) in [6.07, 6.45) is 1.25. The van der Waals surface area contributed by atoms with Crippen LogP contribution in [-0.2, 0) is 0 Å². The molecule has 1 aromatic carbocycles. The zero-order chi connectivity index (χ0) is 16.9. The van der Waals surface area contributed by atoms with Crippen molar-refractivity contribution in [2.24, 2.45) is 0 Å². The van der Waals surface area contributed by atoms with Gasteiger partial charge in [-0.2, -0.15) is 5.26 Å². The number of aliphatic hydroxyl groups is 1. The minimum absolute atomic E-state index is 0.283. The first-order valence-electron chi connectivity index (χ1n) is 8.26. The van der Waals surface area contributed by atoms with Gasteiger partial charge in [-0.3, -0.25) is 4.90 Å². The summed E-state index contributed by atoms with van der Waals surface area (Å²) in [7, 11) is 0. The lowest BCUT2D eigenvalue weighted by atomic mass is 10.1. The van der Waals surface area contributed by atoms with Gasteiger partial charge in [-0.1, -0.05) is 30.3 Å². The smallest absolute Gasteiger partial charge is 0.146 e. The highest BCUT2D eigenvalue weighted by Gasteiger charge is 2.27. The van der Waals surface area contributed by atoms with Crippen molar-refractivity contribution in [3.63, 3.8) is 0 Å². The average Bonchev–Trinajstić information content (AvgIpc) is 2.64. The molecule has 24 heavy (non-hydrogen) atoms. The number of β-amino-alcohol motifs (C(OH)–C–C–N with tert-alkyl or cyclic N) is 1. The number of nitriles is 1. The van der Waals surface area contributed by atoms with E-state index in [0.717, 1.165) is 31.0 Å². The molecule has 1 N–H and O–H groups in total. The molecule has 0 aliphatic carbocycles. The zero-order valence-electron chi connectivity index (χ0n) is 13.8. The minimum atomic E-state index is -0.482. The summed E-state index contributed by atoms with van der Waals surface area (Å²) < 4.78 is 0. The normalized spacial score (nSPS) is 19.7. The lowest BCUT2D eigenvalue weighted by Gasteiger charge is -2.41. The van der Waals surface area contributed by atoms with Crippen LogP contribution in [0.1, 0.15) is 24.2 Å². The zero-order valence-corrected chi connectivity index (χ0v) is 13.8. The first kappa shape index (κ1) is 16.4. The van der Waals surface area contributed by atoms with E-state index in [1.807, 2.05) is 30.3 Å². The van der Waals surface area contributed by atoms with Crippen molar-refractivity contribution >= 4 is 5.82 Å². The molecule has 0 unspecified atom stereocenters. The van der Waals surface area contributed by atoms with Crippen LogP contribution in [-0.4, -0.2) is 47.2 Å². The topological polar surface area (TPSA) is 63.4 Å². The highest BCUT2D eigenvalue weighted by atomic mass is 16.3. The molecule has 1 aliphatic heterocycles. The Balaban J connectivity index is 1.64. The molecule has 0 bridgehead atoms. The van der Waals surface area contributed by atoms with Gasteiger partial charge in [0, 0.05) is 38.4 Å². The summed E-state index contributed by atoms with van der Waals surface area (Å²) in [6.45, 7) is 5.21. The number of hydrogen-bond donors (Lipinski definition) is 1.